The van der Waals surface area contributed by atoms with Crippen LogP contribution >= 0.6 is 12.4 Å². The van der Waals surface area contributed by atoms with Crippen LogP contribution in [-0.2, 0) is 6.42 Å². The second-order valence-electron chi connectivity index (χ2n) is 8.58. The lowest BCUT2D eigenvalue weighted by molar-refractivity contribution is 0.117. The van der Waals surface area contributed by atoms with Crippen LogP contribution in [0.3, 0.4) is 0 Å². The van der Waals surface area contributed by atoms with Crippen molar-refractivity contribution in [1.82, 2.24) is 4.90 Å². The van der Waals surface area contributed by atoms with Gasteiger partial charge in [0.05, 0.1) is 20.3 Å². The minimum atomic E-state index is -0.319. The number of aliphatic hydroxyl groups excluding tert-OH is 1. The number of methoxy groups -OCH3 is 2. The fourth-order valence-corrected chi connectivity index (χ4v) is 5.05. The van der Waals surface area contributed by atoms with Crippen LogP contribution in [0.25, 0.3) is 0 Å². The average Bonchev–Trinajstić information content (AvgIpc) is 2.92. The van der Waals surface area contributed by atoms with Gasteiger partial charge in [-0.25, -0.2) is 0 Å². The number of aryl methyl sites for hydroxylation is 1. The van der Waals surface area contributed by atoms with E-state index in [9.17, 15) is 5.11 Å². The molecule has 2 aliphatic rings. The van der Waals surface area contributed by atoms with Crippen LogP contribution in [-0.4, -0.2) is 43.9 Å². The zero-order valence-electron chi connectivity index (χ0n) is 18.0. The van der Waals surface area contributed by atoms with Crippen LogP contribution in [0.2, 0.25) is 0 Å². The number of ether oxygens (including phenoxy) is 2. The summed E-state index contributed by atoms with van der Waals surface area (Å²) < 4.78 is 10.9. The monoisotopic (exact) mass is 431 g/mol. The Kier molecular flexibility index (Phi) is 8.04. The van der Waals surface area contributed by atoms with Gasteiger partial charge in [0, 0.05) is 12.6 Å². The first-order valence-corrected chi connectivity index (χ1v) is 10.9. The van der Waals surface area contributed by atoms with E-state index >= 15 is 0 Å². The van der Waals surface area contributed by atoms with E-state index in [0.29, 0.717) is 11.8 Å². The molecule has 0 aromatic heterocycles. The fourth-order valence-electron chi connectivity index (χ4n) is 5.05. The maximum absolute atomic E-state index is 10.7. The van der Waals surface area contributed by atoms with Gasteiger partial charge in [-0.15, -0.1) is 12.4 Å². The second kappa shape index (κ2) is 10.5. The minimum Gasteiger partial charge on any atom is -0.497 e. The molecule has 2 aromatic carbocycles. The Morgan fingerprint density at radius 2 is 1.63 bits per heavy atom. The lowest BCUT2D eigenvalue weighted by Crippen LogP contribution is -2.36. The average molecular weight is 432 g/mol. The molecule has 5 heteroatoms. The first-order valence-electron chi connectivity index (χ1n) is 10.9. The highest BCUT2D eigenvalue weighted by Crippen LogP contribution is 2.35. The van der Waals surface area contributed by atoms with Crippen molar-refractivity contribution in [2.45, 2.75) is 44.1 Å². The van der Waals surface area contributed by atoms with Gasteiger partial charge in [-0.1, -0.05) is 24.3 Å². The third-order valence-corrected chi connectivity index (χ3v) is 6.74. The predicted octanol–water partition coefficient (Wildman–Crippen LogP) is 4.99. The zero-order chi connectivity index (χ0) is 20.2. The van der Waals surface area contributed by atoms with Crippen molar-refractivity contribution in [3.05, 3.63) is 59.2 Å². The van der Waals surface area contributed by atoms with Crippen molar-refractivity contribution in [3.63, 3.8) is 0 Å². The molecule has 1 heterocycles. The number of piperidine rings is 1. The molecule has 2 atom stereocenters. The van der Waals surface area contributed by atoms with E-state index in [0.717, 1.165) is 62.4 Å². The van der Waals surface area contributed by atoms with Gasteiger partial charge in [0.25, 0.3) is 0 Å². The lowest BCUT2D eigenvalue weighted by Gasteiger charge is -2.34. The topological polar surface area (TPSA) is 41.9 Å². The molecule has 4 nitrogen and oxygen atoms in total. The first-order chi connectivity index (χ1) is 14.2. The Morgan fingerprint density at radius 1 is 0.967 bits per heavy atom. The Balaban J connectivity index is 0.00000256. The smallest absolute Gasteiger partial charge is 0.122 e. The molecule has 1 N–H and O–H groups in total. The standard InChI is InChI=1S/C25H33NO3.ClH/c1-28-22-14-21(15-23(16-22)29-2)19-9-11-26(12-10-19)17-18-7-8-20-5-3-4-6-24(20)25(27)13-18;/h3-6,14-16,18-19,25,27H,7-13,17H2,1-2H3;1H. The third-order valence-electron chi connectivity index (χ3n) is 6.74. The third kappa shape index (κ3) is 5.29. The van der Waals surface area contributed by atoms with Gasteiger partial charge in [0.1, 0.15) is 11.5 Å². The molecular formula is C25H34ClNO3. The van der Waals surface area contributed by atoms with E-state index in [-0.39, 0.29) is 18.5 Å². The van der Waals surface area contributed by atoms with Crippen molar-refractivity contribution < 1.29 is 14.6 Å². The molecule has 2 aromatic rings. The van der Waals surface area contributed by atoms with E-state index in [1.807, 2.05) is 12.1 Å². The molecule has 0 bridgehead atoms. The summed E-state index contributed by atoms with van der Waals surface area (Å²) >= 11 is 0. The molecular weight excluding hydrogens is 398 g/mol. The summed E-state index contributed by atoms with van der Waals surface area (Å²) in [6.07, 6.45) is 5.13. The molecule has 4 rings (SSSR count). The van der Waals surface area contributed by atoms with E-state index < -0.39 is 0 Å². The highest BCUT2D eigenvalue weighted by molar-refractivity contribution is 5.85. The SMILES string of the molecule is COc1cc(OC)cc(C2CCN(CC3CCc4ccccc4C(O)C3)CC2)c1.Cl. The van der Waals surface area contributed by atoms with Gasteiger partial charge in [-0.2, -0.15) is 0 Å². The molecule has 0 spiro atoms. The van der Waals surface area contributed by atoms with E-state index in [1.165, 1.54) is 17.5 Å². The van der Waals surface area contributed by atoms with Crippen molar-refractivity contribution >= 4 is 12.4 Å². The largest absolute Gasteiger partial charge is 0.497 e. The van der Waals surface area contributed by atoms with Crippen molar-refractivity contribution in [2.75, 3.05) is 33.9 Å². The van der Waals surface area contributed by atoms with Crippen molar-refractivity contribution in [1.29, 1.82) is 0 Å². The van der Waals surface area contributed by atoms with Crippen LogP contribution in [0.15, 0.2) is 42.5 Å². The molecule has 1 aliphatic heterocycles. The van der Waals surface area contributed by atoms with Gasteiger partial charge in [0.2, 0.25) is 0 Å². The molecule has 0 saturated carbocycles. The van der Waals surface area contributed by atoms with Crippen molar-refractivity contribution in [3.8, 4) is 11.5 Å². The summed E-state index contributed by atoms with van der Waals surface area (Å²) in [5.74, 6) is 2.85. The molecule has 0 amide bonds. The Morgan fingerprint density at radius 3 is 2.30 bits per heavy atom. The number of hydrogen-bond acceptors (Lipinski definition) is 4. The van der Waals surface area contributed by atoms with Crippen molar-refractivity contribution in [2.24, 2.45) is 5.92 Å². The lowest BCUT2D eigenvalue weighted by atomic mass is 9.88. The van der Waals surface area contributed by atoms with Crippen LogP contribution < -0.4 is 9.47 Å². The Hall–Kier alpha value is -1.75. The minimum absolute atomic E-state index is 0. The molecule has 2 unspecified atom stereocenters. The normalized spacial score (nSPS) is 22.5. The molecule has 1 aliphatic carbocycles. The number of rotatable bonds is 5. The van der Waals surface area contributed by atoms with Gasteiger partial charge >= 0.3 is 0 Å². The van der Waals surface area contributed by atoms with Crippen LogP contribution in [0.4, 0.5) is 0 Å². The van der Waals surface area contributed by atoms with Crippen LogP contribution in [0.5, 0.6) is 11.5 Å². The number of benzene rings is 2. The summed E-state index contributed by atoms with van der Waals surface area (Å²) in [6, 6.07) is 14.6. The first kappa shape index (κ1) is 22.9. The van der Waals surface area contributed by atoms with Gasteiger partial charge in [-0.05, 0) is 85.9 Å². The van der Waals surface area contributed by atoms with Gasteiger partial charge in [0.15, 0.2) is 0 Å². The van der Waals surface area contributed by atoms with E-state index in [4.69, 9.17) is 9.47 Å². The van der Waals surface area contributed by atoms with Crippen LogP contribution in [0, 0.1) is 5.92 Å². The Bertz CT molecular complexity index is 798. The maximum Gasteiger partial charge on any atom is 0.122 e. The summed E-state index contributed by atoms with van der Waals surface area (Å²) in [4.78, 5) is 2.60. The fraction of sp³-hybridized carbons (Fsp3) is 0.520. The molecule has 1 fully saturated rings. The Labute approximate surface area is 186 Å². The highest BCUT2D eigenvalue weighted by atomic mass is 35.5. The summed E-state index contributed by atoms with van der Waals surface area (Å²) in [5.41, 5.74) is 3.79. The number of likely N-dealkylation sites (tertiary alicyclic amines) is 1. The predicted molar refractivity (Wildman–Crippen MR) is 123 cm³/mol. The quantitative estimate of drug-likeness (QED) is 0.677. The molecule has 164 valence electrons. The summed E-state index contributed by atoms with van der Waals surface area (Å²) in [5, 5.41) is 10.7. The number of nitrogens with zero attached hydrogens (tertiary/aromatic N) is 1. The van der Waals surface area contributed by atoms with Crippen LogP contribution in [0.1, 0.15) is 54.4 Å². The summed E-state index contributed by atoms with van der Waals surface area (Å²) in [6.45, 7) is 3.33. The van der Waals surface area contributed by atoms with E-state index in [1.54, 1.807) is 14.2 Å². The summed E-state index contributed by atoms with van der Waals surface area (Å²) in [7, 11) is 3.42. The number of fused-ring (bicyclic) bond motifs is 1. The second-order valence-corrected chi connectivity index (χ2v) is 8.58. The van der Waals surface area contributed by atoms with Gasteiger partial charge in [-0.3, -0.25) is 0 Å². The molecule has 30 heavy (non-hydrogen) atoms. The number of hydrogen-bond donors (Lipinski definition) is 1. The highest BCUT2D eigenvalue weighted by Gasteiger charge is 2.27. The maximum atomic E-state index is 10.7. The zero-order valence-corrected chi connectivity index (χ0v) is 18.9. The van der Waals surface area contributed by atoms with E-state index in [2.05, 4.69) is 35.2 Å². The molecule has 1 saturated heterocycles. The number of halogens is 1. The number of aliphatic hydroxyl groups is 1. The van der Waals surface area contributed by atoms with Gasteiger partial charge < -0.3 is 19.5 Å². The molecule has 0 radical (unpaired) electrons.